The number of benzene rings is 1. The van der Waals surface area contributed by atoms with Crippen LogP contribution in [0.2, 0.25) is 0 Å². The van der Waals surface area contributed by atoms with Gasteiger partial charge in [0.2, 0.25) is 0 Å². The van der Waals surface area contributed by atoms with Crippen LogP contribution in [0.4, 0.5) is 0 Å². The maximum absolute atomic E-state index is 6.16. The van der Waals surface area contributed by atoms with E-state index in [4.69, 9.17) is 9.47 Å². The van der Waals surface area contributed by atoms with E-state index in [1.807, 2.05) is 11.8 Å². The van der Waals surface area contributed by atoms with E-state index in [9.17, 15) is 0 Å². The van der Waals surface area contributed by atoms with Crippen molar-refractivity contribution >= 4 is 41.7 Å². The molecule has 2 rings (SSSR count). The number of rotatable bonds is 7. The summed E-state index contributed by atoms with van der Waals surface area (Å²) in [5.41, 5.74) is 2.33. The van der Waals surface area contributed by atoms with Crippen LogP contribution in [-0.2, 0) is 11.3 Å². The molecule has 1 unspecified atom stereocenters. The number of aliphatic imine (C=N–C) groups is 1. The Morgan fingerprint density at radius 1 is 1.38 bits per heavy atom. The van der Waals surface area contributed by atoms with Crippen LogP contribution in [0.25, 0.3) is 0 Å². The fraction of sp³-hybridized carbons (Fsp3) is 0.632. The summed E-state index contributed by atoms with van der Waals surface area (Å²) in [6, 6.07) is 6.33. The molecule has 2 N–H and O–H groups in total. The van der Waals surface area contributed by atoms with Crippen molar-refractivity contribution in [1.82, 2.24) is 10.6 Å². The van der Waals surface area contributed by atoms with E-state index in [0.717, 1.165) is 36.8 Å². The first-order valence-corrected chi connectivity index (χ1v) is 9.99. The molecule has 1 aliphatic rings. The van der Waals surface area contributed by atoms with Crippen LogP contribution in [0.1, 0.15) is 31.4 Å². The molecule has 1 aromatic carbocycles. The molecule has 148 valence electrons. The highest BCUT2D eigenvalue weighted by atomic mass is 127. The van der Waals surface area contributed by atoms with E-state index in [1.165, 1.54) is 5.56 Å². The van der Waals surface area contributed by atoms with Gasteiger partial charge in [-0.3, -0.25) is 4.99 Å². The molecule has 0 bridgehead atoms. The Kier molecular flexibility index (Phi) is 10.1. The number of hydrogen-bond donors (Lipinski definition) is 2. The van der Waals surface area contributed by atoms with E-state index >= 15 is 0 Å². The fourth-order valence-electron chi connectivity index (χ4n) is 2.47. The predicted octanol–water partition coefficient (Wildman–Crippen LogP) is 3.59. The molecule has 1 atom stereocenters. The summed E-state index contributed by atoms with van der Waals surface area (Å²) in [6.45, 7) is 9.49. The van der Waals surface area contributed by atoms with E-state index in [0.29, 0.717) is 13.2 Å². The maximum Gasteiger partial charge on any atom is 0.191 e. The third-order valence-corrected chi connectivity index (χ3v) is 5.56. The highest BCUT2D eigenvalue weighted by molar-refractivity contribution is 14.0. The molecule has 0 saturated carbocycles. The van der Waals surface area contributed by atoms with Crippen molar-refractivity contribution in [3.8, 4) is 5.75 Å². The van der Waals surface area contributed by atoms with Crippen molar-refractivity contribution in [1.29, 1.82) is 0 Å². The monoisotopic (exact) mass is 493 g/mol. The minimum absolute atomic E-state index is 0. The topological polar surface area (TPSA) is 54.9 Å². The predicted molar refractivity (Wildman–Crippen MR) is 122 cm³/mol. The average Bonchev–Trinajstić information content (AvgIpc) is 3.09. The Balaban J connectivity index is 0.00000338. The van der Waals surface area contributed by atoms with Gasteiger partial charge in [0, 0.05) is 36.9 Å². The van der Waals surface area contributed by atoms with Gasteiger partial charge in [0.25, 0.3) is 0 Å². The smallest absolute Gasteiger partial charge is 0.191 e. The fourth-order valence-corrected chi connectivity index (χ4v) is 2.69. The normalized spacial score (nSPS) is 17.6. The minimum Gasteiger partial charge on any atom is -0.488 e. The second-order valence-corrected chi connectivity index (χ2v) is 8.47. The summed E-state index contributed by atoms with van der Waals surface area (Å²) in [7, 11) is 1.80. The molecule has 0 radical (unpaired) electrons. The minimum atomic E-state index is 0. The van der Waals surface area contributed by atoms with Gasteiger partial charge < -0.3 is 20.1 Å². The number of nitrogens with one attached hydrogen (secondary N) is 2. The van der Waals surface area contributed by atoms with Gasteiger partial charge in [0.05, 0.1) is 13.2 Å². The van der Waals surface area contributed by atoms with Gasteiger partial charge in [-0.2, -0.15) is 11.8 Å². The molecule has 1 fully saturated rings. The molecule has 1 aromatic rings. The quantitative estimate of drug-likeness (QED) is 0.346. The molecule has 0 amide bonds. The number of guanidine groups is 1. The number of thioether (sulfide) groups is 1. The Morgan fingerprint density at radius 3 is 2.77 bits per heavy atom. The molecular weight excluding hydrogens is 461 g/mol. The third kappa shape index (κ3) is 7.52. The summed E-state index contributed by atoms with van der Waals surface area (Å²) in [5, 5.41) is 6.78. The molecule has 1 saturated heterocycles. The lowest BCUT2D eigenvalue weighted by Gasteiger charge is -2.24. The lowest BCUT2D eigenvalue weighted by Crippen LogP contribution is -2.43. The molecule has 1 aliphatic heterocycles. The number of halogens is 1. The van der Waals surface area contributed by atoms with Crippen molar-refractivity contribution < 1.29 is 9.47 Å². The summed E-state index contributed by atoms with van der Waals surface area (Å²) >= 11 is 1.84. The summed E-state index contributed by atoms with van der Waals surface area (Å²) in [5.74, 6) is 1.74. The first kappa shape index (κ1) is 23.4. The van der Waals surface area contributed by atoms with Crippen LogP contribution in [0.3, 0.4) is 0 Å². The van der Waals surface area contributed by atoms with Gasteiger partial charge >= 0.3 is 0 Å². The van der Waals surface area contributed by atoms with E-state index in [-0.39, 0.29) is 34.8 Å². The second kappa shape index (κ2) is 11.2. The van der Waals surface area contributed by atoms with Crippen molar-refractivity contribution in [2.75, 3.05) is 33.1 Å². The van der Waals surface area contributed by atoms with Gasteiger partial charge in [0.1, 0.15) is 11.9 Å². The van der Waals surface area contributed by atoms with Gasteiger partial charge in [-0.25, -0.2) is 0 Å². The Morgan fingerprint density at radius 2 is 2.15 bits per heavy atom. The van der Waals surface area contributed by atoms with Crippen LogP contribution < -0.4 is 15.4 Å². The first-order chi connectivity index (χ1) is 11.9. The molecule has 0 aliphatic carbocycles. The molecular formula is C19H32IN3O2S. The zero-order chi connectivity index (χ0) is 18.3. The van der Waals surface area contributed by atoms with Crippen LogP contribution in [0.5, 0.6) is 5.75 Å². The number of ether oxygens (including phenoxy) is 2. The lowest BCUT2D eigenvalue weighted by atomic mass is 10.1. The summed E-state index contributed by atoms with van der Waals surface area (Å²) in [4.78, 5) is 4.32. The third-order valence-electron chi connectivity index (χ3n) is 4.31. The van der Waals surface area contributed by atoms with E-state index < -0.39 is 0 Å². The molecule has 26 heavy (non-hydrogen) atoms. The summed E-state index contributed by atoms with van der Waals surface area (Å²) in [6.07, 6.45) is 3.23. The van der Waals surface area contributed by atoms with Crippen molar-refractivity contribution in [2.24, 2.45) is 4.99 Å². The van der Waals surface area contributed by atoms with Crippen molar-refractivity contribution in [2.45, 2.75) is 44.6 Å². The highest BCUT2D eigenvalue weighted by Gasteiger charge is 2.19. The average molecular weight is 493 g/mol. The molecule has 7 heteroatoms. The lowest BCUT2D eigenvalue weighted by molar-refractivity contribution is 0.140. The van der Waals surface area contributed by atoms with Gasteiger partial charge in [-0.1, -0.05) is 12.1 Å². The van der Waals surface area contributed by atoms with Gasteiger partial charge in [0.15, 0.2) is 5.96 Å². The van der Waals surface area contributed by atoms with E-state index in [1.54, 1.807) is 7.05 Å². The van der Waals surface area contributed by atoms with Crippen molar-refractivity contribution in [3.05, 3.63) is 29.3 Å². The maximum atomic E-state index is 6.16. The molecule has 0 aromatic heterocycles. The number of aryl methyl sites for hydroxylation is 1. The largest absolute Gasteiger partial charge is 0.488 e. The second-order valence-electron chi connectivity index (χ2n) is 6.96. The Labute approximate surface area is 179 Å². The highest BCUT2D eigenvalue weighted by Crippen LogP contribution is 2.24. The molecule has 5 nitrogen and oxygen atoms in total. The van der Waals surface area contributed by atoms with E-state index in [2.05, 4.69) is 60.9 Å². The molecule has 0 spiro atoms. The SMILES string of the molecule is CN=C(NCc1ccc(C)cc1OC1CCOC1)NCC(C)(C)SC.I. The van der Waals surface area contributed by atoms with Crippen LogP contribution >= 0.6 is 35.7 Å². The molecule has 1 heterocycles. The van der Waals surface area contributed by atoms with Crippen molar-refractivity contribution in [3.63, 3.8) is 0 Å². The summed E-state index contributed by atoms with van der Waals surface area (Å²) < 4.78 is 11.7. The number of nitrogens with zero attached hydrogens (tertiary/aromatic N) is 1. The first-order valence-electron chi connectivity index (χ1n) is 8.77. The van der Waals surface area contributed by atoms with Crippen LogP contribution in [0, 0.1) is 6.92 Å². The zero-order valence-corrected chi connectivity index (χ0v) is 19.6. The Bertz CT molecular complexity index is 590. The number of hydrogen-bond acceptors (Lipinski definition) is 4. The standard InChI is InChI=1S/C19H31N3O2S.HI/c1-14-6-7-15(17(10-14)24-16-8-9-23-12-16)11-21-18(20-4)22-13-19(2,3)25-5;/h6-7,10,16H,8-9,11-13H2,1-5H3,(H2,20,21,22);1H. The van der Waals surface area contributed by atoms with Gasteiger partial charge in [-0.05, 0) is 38.7 Å². The van der Waals surface area contributed by atoms with Gasteiger partial charge in [-0.15, -0.1) is 24.0 Å². The van der Waals surface area contributed by atoms with Crippen LogP contribution in [-0.4, -0.2) is 49.9 Å². The zero-order valence-electron chi connectivity index (χ0n) is 16.4. The Hall–Kier alpha value is -0.670. The van der Waals surface area contributed by atoms with Crippen LogP contribution in [0.15, 0.2) is 23.2 Å².